The lowest BCUT2D eigenvalue weighted by Crippen LogP contribution is -2.32. The summed E-state index contributed by atoms with van der Waals surface area (Å²) in [6, 6.07) is 0. The van der Waals surface area contributed by atoms with E-state index in [-0.39, 0.29) is 6.54 Å². The van der Waals surface area contributed by atoms with Gasteiger partial charge in [-0.1, -0.05) is 37.5 Å². The average Bonchev–Trinajstić information content (AvgIpc) is 2.20. The second-order valence-electron chi connectivity index (χ2n) is 4.43. The van der Waals surface area contributed by atoms with Gasteiger partial charge in [0.15, 0.2) is 0 Å². The molecule has 0 atom stereocenters. The number of ether oxygens (including phenoxy) is 1. The van der Waals surface area contributed by atoms with E-state index in [9.17, 15) is 4.79 Å². The van der Waals surface area contributed by atoms with Gasteiger partial charge in [0.05, 0.1) is 6.54 Å². The molecule has 0 aliphatic carbocycles. The maximum atomic E-state index is 11.3. The highest BCUT2D eigenvalue weighted by Crippen LogP contribution is 2.05. The van der Waals surface area contributed by atoms with E-state index in [4.69, 9.17) is 4.74 Å². The van der Waals surface area contributed by atoms with Gasteiger partial charge in [-0.25, -0.2) is 4.79 Å². The number of carbonyl (C=O) groups excluding carboxylic acids is 1. The van der Waals surface area contributed by atoms with E-state index in [1.807, 2.05) is 33.8 Å². The minimum absolute atomic E-state index is 0.268. The fourth-order valence-electron chi connectivity index (χ4n) is 0.982. The van der Waals surface area contributed by atoms with Crippen molar-refractivity contribution in [3.05, 3.63) is 24.3 Å². The normalized spacial score (nSPS) is 11.2. The summed E-state index contributed by atoms with van der Waals surface area (Å²) in [6.45, 7) is 11.4. The number of amides is 1. The molecule has 0 rings (SSSR count). The Hall–Kier alpha value is -1.69. The molecule has 1 amide bonds. The first-order valence-electron chi connectivity index (χ1n) is 5.67. The fourth-order valence-corrected chi connectivity index (χ4v) is 0.982. The molecule has 0 radical (unpaired) electrons. The zero-order valence-corrected chi connectivity index (χ0v) is 11.1. The van der Waals surface area contributed by atoms with Crippen molar-refractivity contribution >= 4 is 6.09 Å². The predicted octanol–water partition coefficient (Wildman–Crippen LogP) is 3.04. The van der Waals surface area contributed by atoms with Crippen LogP contribution in [0.15, 0.2) is 24.3 Å². The van der Waals surface area contributed by atoms with Crippen LogP contribution in [0.1, 0.15) is 34.1 Å². The SMILES string of the molecule is C=C/C(C#CCNC(=O)OC(C)(C)C)=C\CC. The minimum Gasteiger partial charge on any atom is -0.444 e. The lowest BCUT2D eigenvalue weighted by molar-refractivity contribution is 0.0535. The van der Waals surface area contributed by atoms with Crippen LogP contribution in [-0.4, -0.2) is 18.2 Å². The Morgan fingerprint density at radius 3 is 2.59 bits per heavy atom. The molecule has 3 heteroatoms. The van der Waals surface area contributed by atoms with Crippen LogP contribution in [0.3, 0.4) is 0 Å². The summed E-state index contributed by atoms with van der Waals surface area (Å²) in [6.07, 6.45) is 4.14. The maximum Gasteiger partial charge on any atom is 0.408 e. The third-order valence-corrected chi connectivity index (χ3v) is 1.60. The van der Waals surface area contributed by atoms with Crippen LogP contribution in [0.4, 0.5) is 4.79 Å². The zero-order valence-electron chi connectivity index (χ0n) is 11.1. The predicted molar refractivity (Wildman–Crippen MR) is 70.6 cm³/mol. The summed E-state index contributed by atoms with van der Waals surface area (Å²) in [5.41, 5.74) is 0.393. The topological polar surface area (TPSA) is 38.3 Å². The Kier molecular flexibility index (Phi) is 6.81. The number of nitrogens with one attached hydrogen (secondary N) is 1. The molecule has 0 fully saturated rings. The van der Waals surface area contributed by atoms with Crippen LogP contribution in [0.5, 0.6) is 0 Å². The van der Waals surface area contributed by atoms with Gasteiger partial charge in [0.1, 0.15) is 5.60 Å². The molecule has 94 valence electrons. The Balaban J connectivity index is 4.08. The van der Waals surface area contributed by atoms with Gasteiger partial charge in [0.25, 0.3) is 0 Å². The molecule has 0 unspecified atom stereocenters. The largest absolute Gasteiger partial charge is 0.444 e. The van der Waals surface area contributed by atoms with E-state index >= 15 is 0 Å². The molecular weight excluding hydrogens is 214 g/mol. The van der Waals surface area contributed by atoms with E-state index in [0.29, 0.717) is 0 Å². The third kappa shape index (κ3) is 9.25. The first-order chi connectivity index (χ1) is 7.89. The van der Waals surface area contributed by atoms with Crippen molar-refractivity contribution < 1.29 is 9.53 Å². The number of rotatable bonds is 3. The second kappa shape index (κ2) is 7.56. The molecule has 1 N–H and O–H groups in total. The average molecular weight is 235 g/mol. The van der Waals surface area contributed by atoms with Gasteiger partial charge in [-0.15, -0.1) is 0 Å². The zero-order chi connectivity index (χ0) is 13.3. The van der Waals surface area contributed by atoms with Crippen molar-refractivity contribution in [3.63, 3.8) is 0 Å². The summed E-state index contributed by atoms with van der Waals surface area (Å²) >= 11 is 0. The molecule has 0 aliphatic rings. The first kappa shape index (κ1) is 15.3. The van der Waals surface area contributed by atoms with Gasteiger partial charge in [-0.2, -0.15) is 0 Å². The van der Waals surface area contributed by atoms with Gasteiger partial charge in [0, 0.05) is 5.57 Å². The molecule has 0 bridgehead atoms. The van der Waals surface area contributed by atoms with Crippen LogP contribution in [0.2, 0.25) is 0 Å². The second-order valence-corrected chi connectivity index (χ2v) is 4.43. The van der Waals surface area contributed by atoms with E-state index in [1.165, 1.54) is 0 Å². The summed E-state index contributed by atoms with van der Waals surface area (Å²) in [5, 5.41) is 2.56. The molecule has 0 aliphatic heterocycles. The summed E-state index contributed by atoms with van der Waals surface area (Å²) in [4.78, 5) is 11.3. The maximum absolute atomic E-state index is 11.3. The number of carbonyl (C=O) groups is 1. The van der Waals surface area contributed by atoms with Crippen LogP contribution in [0.25, 0.3) is 0 Å². The molecule has 0 heterocycles. The van der Waals surface area contributed by atoms with Crippen LogP contribution < -0.4 is 5.32 Å². The number of allylic oxidation sites excluding steroid dienone is 3. The van der Waals surface area contributed by atoms with Crippen molar-refractivity contribution in [1.29, 1.82) is 0 Å². The van der Waals surface area contributed by atoms with Crippen LogP contribution in [0, 0.1) is 11.8 Å². The molecule has 0 saturated carbocycles. The highest BCUT2D eigenvalue weighted by Gasteiger charge is 2.14. The molecule has 0 aromatic carbocycles. The number of hydrogen-bond acceptors (Lipinski definition) is 2. The monoisotopic (exact) mass is 235 g/mol. The Bertz CT molecular complexity index is 351. The molecule has 0 spiro atoms. The lowest BCUT2D eigenvalue weighted by Gasteiger charge is -2.18. The molecule has 17 heavy (non-hydrogen) atoms. The van der Waals surface area contributed by atoms with Crippen molar-refractivity contribution in [2.75, 3.05) is 6.54 Å². The van der Waals surface area contributed by atoms with E-state index in [2.05, 4.69) is 23.7 Å². The van der Waals surface area contributed by atoms with Crippen molar-refractivity contribution in [2.45, 2.75) is 39.7 Å². The Morgan fingerprint density at radius 1 is 1.47 bits per heavy atom. The Morgan fingerprint density at radius 2 is 2.12 bits per heavy atom. The molecule has 3 nitrogen and oxygen atoms in total. The minimum atomic E-state index is -0.480. The van der Waals surface area contributed by atoms with Gasteiger partial charge < -0.3 is 10.1 Å². The van der Waals surface area contributed by atoms with Gasteiger partial charge in [0.2, 0.25) is 0 Å². The first-order valence-corrected chi connectivity index (χ1v) is 5.67. The van der Waals surface area contributed by atoms with Gasteiger partial charge >= 0.3 is 6.09 Å². The lowest BCUT2D eigenvalue weighted by atomic mass is 10.2. The molecular formula is C14H21NO2. The van der Waals surface area contributed by atoms with E-state index in [0.717, 1.165) is 12.0 Å². The molecule has 0 aromatic heterocycles. The Labute approximate surface area is 104 Å². The number of hydrogen-bond donors (Lipinski definition) is 1. The highest BCUT2D eigenvalue weighted by molar-refractivity contribution is 5.68. The molecule has 0 saturated heterocycles. The summed E-state index contributed by atoms with van der Waals surface area (Å²) in [7, 11) is 0. The smallest absolute Gasteiger partial charge is 0.408 e. The fraction of sp³-hybridized carbons (Fsp3) is 0.500. The van der Waals surface area contributed by atoms with E-state index < -0.39 is 11.7 Å². The van der Waals surface area contributed by atoms with E-state index in [1.54, 1.807) is 6.08 Å². The van der Waals surface area contributed by atoms with Crippen molar-refractivity contribution in [1.82, 2.24) is 5.32 Å². The standard InChI is InChI=1S/C14H21NO2/c1-6-9-12(7-2)10-8-11-15-13(16)17-14(3,4)5/h7,9H,2,6,11H2,1,3-5H3,(H,15,16)/b12-9+. The highest BCUT2D eigenvalue weighted by atomic mass is 16.6. The van der Waals surface area contributed by atoms with Crippen LogP contribution >= 0.6 is 0 Å². The third-order valence-electron chi connectivity index (χ3n) is 1.60. The van der Waals surface area contributed by atoms with Crippen LogP contribution in [-0.2, 0) is 4.74 Å². The molecule has 0 aromatic rings. The van der Waals surface area contributed by atoms with Crippen molar-refractivity contribution in [2.24, 2.45) is 0 Å². The quantitative estimate of drug-likeness (QED) is 0.603. The van der Waals surface area contributed by atoms with Gasteiger partial charge in [-0.3, -0.25) is 0 Å². The summed E-state index contributed by atoms with van der Waals surface area (Å²) < 4.78 is 5.07. The number of alkyl carbamates (subject to hydrolysis) is 1. The van der Waals surface area contributed by atoms with Gasteiger partial charge in [-0.05, 0) is 27.2 Å². The van der Waals surface area contributed by atoms with Crippen molar-refractivity contribution in [3.8, 4) is 11.8 Å². The summed E-state index contributed by atoms with van der Waals surface area (Å²) in [5.74, 6) is 5.75.